The summed E-state index contributed by atoms with van der Waals surface area (Å²) in [5.74, 6) is 2.33. The van der Waals surface area contributed by atoms with Crippen molar-refractivity contribution in [2.75, 3.05) is 19.6 Å². The van der Waals surface area contributed by atoms with Gasteiger partial charge in [-0.15, -0.1) is 0 Å². The molecule has 1 rings (SSSR count). The van der Waals surface area contributed by atoms with Crippen molar-refractivity contribution in [1.82, 2.24) is 10.2 Å². The third-order valence-electron chi connectivity index (χ3n) is 4.52. The van der Waals surface area contributed by atoms with Gasteiger partial charge in [0.2, 0.25) is 0 Å². The van der Waals surface area contributed by atoms with E-state index in [1.807, 2.05) is 0 Å². The lowest BCUT2D eigenvalue weighted by atomic mass is 9.88. The minimum atomic E-state index is 0.696. The zero-order chi connectivity index (χ0) is 13.7. The molecule has 1 heterocycles. The monoisotopic (exact) mass is 254 g/mol. The molecular formula is C16H34N2. The van der Waals surface area contributed by atoms with Crippen LogP contribution in [0, 0.1) is 17.8 Å². The molecule has 1 saturated heterocycles. The van der Waals surface area contributed by atoms with Crippen molar-refractivity contribution in [3.05, 3.63) is 0 Å². The fourth-order valence-electron chi connectivity index (χ4n) is 3.09. The molecule has 0 aliphatic carbocycles. The summed E-state index contributed by atoms with van der Waals surface area (Å²) in [6.45, 7) is 17.7. The van der Waals surface area contributed by atoms with Gasteiger partial charge < -0.3 is 5.32 Å². The molecule has 1 aliphatic heterocycles. The average Bonchev–Trinajstić information content (AvgIpc) is 2.28. The highest BCUT2D eigenvalue weighted by Crippen LogP contribution is 2.26. The highest BCUT2D eigenvalue weighted by molar-refractivity contribution is 4.86. The van der Waals surface area contributed by atoms with E-state index in [4.69, 9.17) is 0 Å². The Morgan fingerprint density at radius 1 is 1.11 bits per heavy atom. The molecule has 0 spiro atoms. The molecule has 2 nitrogen and oxygen atoms in total. The molecule has 1 fully saturated rings. The van der Waals surface area contributed by atoms with Crippen molar-refractivity contribution < 1.29 is 0 Å². The molecule has 0 aromatic carbocycles. The van der Waals surface area contributed by atoms with Crippen molar-refractivity contribution in [3.8, 4) is 0 Å². The maximum Gasteiger partial charge on any atom is 0.0246 e. The SMILES string of the molecule is CC(C)CNCC(C(C)C)N1CCCC(C)C1C. The van der Waals surface area contributed by atoms with E-state index in [0.717, 1.165) is 36.9 Å². The molecule has 0 aromatic heterocycles. The second-order valence-corrected chi connectivity index (χ2v) is 6.96. The Bertz CT molecular complexity index is 225. The molecule has 1 aliphatic rings. The number of rotatable bonds is 6. The zero-order valence-corrected chi connectivity index (χ0v) is 13.4. The maximum absolute atomic E-state index is 3.66. The van der Waals surface area contributed by atoms with Gasteiger partial charge in [-0.2, -0.15) is 0 Å². The van der Waals surface area contributed by atoms with E-state index in [2.05, 4.69) is 51.8 Å². The van der Waals surface area contributed by atoms with E-state index in [9.17, 15) is 0 Å². The Labute approximate surface area is 115 Å². The highest BCUT2D eigenvalue weighted by atomic mass is 15.2. The molecule has 3 unspecified atom stereocenters. The van der Waals surface area contributed by atoms with Crippen molar-refractivity contribution in [3.63, 3.8) is 0 Å². The first-order valence-electron chi connectivity index (χ1n) is 7.90. The number of hydrogen-bond donors (Lipinski definition) is 1. The minimum Gasteiger partial charge on any atom is -0.315 e. The molecule has 0 saturated carbocycles. The van der Waals surface area contributed by atoms with Gasteiger partial charge in [0.1, 0.15) is 0 Å². The average molecular weight is 254 g/mol. The fourth-order valence-corrected chi connectivity index (χ4v) is 3.09. The number of nitrogens with zero attached hydrogens (tertiary/aromatic N) is 1. The number of piperidine rings is 1. The Kier molecular flexibility index (Phi) is 6.65. The molecule has 0 bridgehead atoms. The van der Waals surface area contributed by atoms with Gasteiger partial charge in [0, 0.05) is 18.6 Å². The van der Waals surface area contributed by atoms with E-state index >= 15 is 0 Å². The lowest BCUT2D eigenvalue weighted by Gasteiger charge is -2.44. The molecule has 0 radical (unpaired) electrons. The highest BCUT2D eigenvalue weighted by Gasteiger charge is 2.31. The Morgan fingerprint density at radius 3 is 2.33 bits per heavy atom. The Morgan fingerprint density at radius 2 is 1.78 bits per heavy atom. The van der Waals surface area contributed by atoms with Gasteiger partial charge in [0.25, 0.3) is 0 Å². The van der Waals surface area contributed by atoms with Gasteiger partial charge in [-0.1, -0.05) is 34.6 Å². The first kappa shape index (κ1) is 16.0. The van der Waals surface area contributed by atoms with Crippen LogP contribution in [-0.4, -0.2) is 36.6 Å². The standard InChI is InChI=1S/C16H34N2/c1-12(2)10-17-11-16(13(3)4)18-9-7-8-14(5)15(18)6/h12-17H,7-11H2,1-6H3. The largest absolute Gasteiger partial charge is 0.315 e. The Hall–Kier alpha value is -0.0800. The molecular weight excluding hydrogens is 220 g/mol. The van der Waals surface area contributed by atoms with Gasteiger partial charge in [0.05, 0.1) is 0 Å². The molecule has 2 heteroatoms. The normalized spacial score (nSPS) is 28.0. The van der Waals surface area contributed by atoms with Crippen LogP contribution in [0.25, 0.3) is 0 Å². The fraction of sp³-hybridized carbons (Fsp3) is 1.00. The number of nitrogens with one attached hydrogen (secondary N) is 1. The van der Waals surface area contributed by atoms with E-state index in [-0.39, 0.29) is 0 Å². The first-order chi connectivity index (χ1) is 8.43. The maximum atomic E-state index is 3.66. The third-order valence-corrected chi connectivity index (χ3v) is 4.52. The lowest BCUT2D eigenvalue weighted by Crippen LogP contribution is -2.54. The number of hydrogen-bond acceptors (Lipinski definition) is 2. The van der Waals surface area contributed by atoms with Gasteiger partial charge in [-0.25, -0.2) is 0 Å². The van der Waals surface area contributed by atoms with Gasteiger partial charge in [-0.3, -0.25) is 4.90 Å². The summed E-state index contributed by atoms with van der Waals surface area (Å²) in [4.78, 5) is 2.76. The molecule has 3 atom stereocenters. The van der Waals surface area contributed by atoms with Crippen molar-refractivity contribution in [2.45, 2.75) is 66.5 Å². The van der Waals surface area contributed by atoms with E-state index in [0.29, 0.717) is 6.04 Å². The molecule has 0 aromatic rings. The van der Waals surface area contributed by atoms with Crippen LogP contribution in [0.1, 0.15) is 54.4 Å². The van der Waals surface area contributed by atoms with Gasteiger partial charge >= 0.3 is 0 Å². The summed E-state index contributed by atoms with van der Waals surface area (Å²) in [7, 11) is 0. The summed E-state index contributed by atoms with van der Waals surface area (Å²) in [6, 6.07) is 1.44. The minimum absolute atomic E-state index is 0.696. The van der Waals surface area contributed by atoms with Crippen LogP contribution in [0.5, 0.6) is 0 Å². The van der Waals surface area contributed by atoms with Crippen molar-refractivity contribution in [2.24, 2.45) is 17.8 Å². The summed E-state index contributed by atoms with van der Waals surface area (Å²) in [5.41, 5.74) is 0. The van der Waals surface area contributed by atoms with E-state index < -0.39 is 0 Å². The zero-order valence-electron chi connectivity index (χ0n) is 13.4. The summed E-state index contributed by atoms with van der Waals surface area (Å²) >= 11 is 0. The van der Waals surface area contributed by atoms with Crippen LogP contribution >= 0.6 is 0 Å². The number of likely N-dealkylation sites (tertiary alicyclic amines) is 1. The second kappa shape index (κ2) is 7.49. The molecule has 0 amide bonds. The van der Waals surface area contributed by atoms with Crippen LogP contribution in [-0.2, 0) is 0 Å². The van der Waals surface area contributed by atoms with E-state index in [1.165, 1.54) is 19.4 Å². The van der Waals surface area contributed by atoms with Crippen molar-refractivity contribution in [1.29, 1.82) is 0 Å². The predicted octanol–water partition coefficient (Wildman–Crippen LogP) is 3.38. The Balaban J connectivity index is 2.54. The molecule has 1 N–H and O–H groups in total. The van der Waals surface area contributed by atoms with Crippen LogP contribution in [0.4, 0.5) is 0 Å². The van der Waals surface area contributed by atoms with Crippen LogP contribution < -0.4 is 5.32 Å². The summed E-state index contributed by atoms with van der Waals surface area (Å²) < 4.78 is 0. The molecule has 18 heavy (non-hydrogen) atoms. The predicted molar refractivity (Wildman–Crippen MR) is 80.9 cm³/mol. The second-order valence-electron chi connectivity index (χ2n) is 6.96. The van der Waals surface area contributed by atoms with E-state index in [1.54, 1.807) is 0 Å². The summed E-state index contributed by atoms with van der Waals surface area (Å²) in [6.07, 6.45) is 2.78. The van der Waals surface area contributed by atoms with Gasteiger partial charge in [0.15, 0.2) is 0 Å². The van der Waals surface area contributed by atoms with Crippen LogP contribution in [0.2, 0.25) is 0 Å². The quantitative estimate of drug-likeness (QED) is 0.782. The van der Waals surface area contributed by atoms with Crippen LogP contribution in [0.15, 0.2) is 0 Å². The topological polar surface area (TPSA) is 15.3 Å². The van der Waals surface area contributed by atoms with Gasteiger partial charge in [-0.05, 0) is 50.6 Å². The smallest absolute Gasteiger partial charge is 0.0246 e. The lowest BCUT2D eigenvalue weighted by molar-refractivity contribution is 0.0466. The summed E-state index contributed by atoms with van der Waals surface area (Å²) in [5, 5.41) is 3.66. The van der Waals surface area contributed by atoms with Crippen LogP contribution in [0.3, 0.4) is 0 Å². The third kappa shape index (κ3) is 4.55. The molecule has 108 valence electrons. The van der Waals surface area contributed by atoms with Crippen molar-refractivity contribution >= 4 is 0 Å². The first-order valence-corrected chi connectivity index (χ1v) is 7.90.